The van der Waals surface area contributed by atoms with Gasteiger partial charge in [0.15, 0.2) is 0 Å². The van der Waals surface area contributed by atoms with E-state index in [4.69, 9.17) is 10.5 Å². The van der Waals surface area contributed by atoms with Gasteiger partial charge in [0.25, 0.3) is 0 Å². The second-order valence-corrected chi connectivity index (χ2v) is 5.00. The molecule has 0 heterocycles. The molecular formula is C17H21NO. The first-order valence-electron chi connectivity index (χ1n) is 6.64. The Morgan fingerprint density at radius 2 is 1.84 bits per heavy atom. The summed E-state index contributed by atoms with van der Waals surface area (Å²) in [5.74, 6) is 0.858. The molecule has 0 spiro atoms. The van der Waals surface area contributed by atoms with E-state index in [0.717, 1.165) is 16.9 Å². The van der Waals surface area contributed by atoms with Crippen molar-refractivity contribution in [3.05, 3.63) is 65.2 Å². The van der Waals surface area contributed by atoms with E-state index in [0.29, 0.717) is 6.61 Å². The lowest BCUT2D eigenvalue weighted by molar-refractivity contribution is 0.330. The monoisotopic (exact) mass is 255 g/mol. The van der Waals surface area contributed by atoms with Crippen LogP contribution < -0.4 is 10.5 Å². The molecule has 2 nitrogen and oxygen atoms in total. The van der Waals surface area contributed by atoms with Gasteiger partial charge in [-0.15, -0.1) is 0 Å². The predicted octanol–water partition coefficient (Wildman–Crippen LogP) is 3.62. The van der Waals surface area contributed by atoms with Gasteiger partial charge in [-0.2, -0.15) is 0 Å². The van der Waals surface area contributed by atoms with Crippen molar-refractivity contribution in [2.24, 2.45) is 5.73 Å². The average Bonchev–Trinajstić information content (AvgIpc) is 2.39. The Hall–Kier alpha value is -1.80. The highest BCUT2D eigenvalue weighted by molar-refractivity contribution is 5.46. The Balaban J connectivity index is 2.50. The minimum Gasteiger partial charge on any atom is -0.494 e. The van der Waals surface area contributed by atoms with Crippen LogP contribution in [-0.4, -0.2) is 6.61 Å². The fourth-order valence-corrected chi connectivity index (χ4v) is 2.30. The molecule has 0 amide bonds. The standard InChI is InChI=1S/C17H21NO/c1-4-19-16-11-6-5-10-15(16)17(3,18)14-9-7-8-13(2)12-14/h5-12H,4,18H2,1-3H3. The van der Waals surface area contributed by atoms with Crippen molar-refractivity contribution in [3.63, 3.8) is 0 Å². The number of para-hydroxylation sites is 1. The molecule has 0 radical (unpaired) electrons. The minimum atomic E-state index is -0.558. The second-order valence-electron chi connectivity index (χ2n) is 5.00. The van der Waals surface area contributed by atoms with Gasteiger partial charge < -0.3 is 10.5 Å². The Morgan fingerprint density at radius 3 is 2.53 bits per heavy atom. The summed E-state index contributed by atoms with van der Waals surface area (Å²) >= 11 is 0. The quantitative estimate of drug-likeness (QED) is 0.905. The van der Waals surface area contributed by atoms with Crippen LogP contribution in [0.25, 0.3) is 0 Å². The molecule has 2 aromatic rings. The lowest BCUT2D eigenvalue weighted by Gasteiger charge is -2.28. The molecule has 2 rings (SSSR count). The topological polar surface area (TPSA) is 35.2 Å². The fourth-order valence-electron chi connectivity index (χ4n) is 2.30. The number of aryl methyl sites for hydroxylation is 1. The van der Waals surface area contributed by atoms with E-state index >= 15 is 0 Å². The fraction of sp³-hybridized carbons (Fsp3) is 0.294. The molecule has 0 saturated heterocycles. The molecule has 0 aliphatic heterocycles. The average molecular weight is 255 g/mol. The largest absolute Gasteiger partial charge is 0.494 e. The summed E-state index contributed by atoms with van der Waals surface area (Å²) in [6.45, 7) is 6.73. The molecule has 2 N–H and O–H groups in total. The van der Waals surface area contributed by atoms with Crippen LogP contribution in [-0.2, 0) is 5.54 Å². The van der Waals surface area contributed by atoms with Gasteiger partial charge in [-0.3, -0.25) is 0 Å². The molecule has 0 fully saturated rings. The van der Waals surface area contributed by atoms with Gasteiger partial charge in [0.2, 0.25) is 0 Å². The summed E-state index contributed by atoms with van der Waals surface area (Å²) in [5.41, 5.74) is 9.35. The van der Waals surface area contributed by atoms with E-state index in [9.17, 15) is 0 Å². The summed E-state index contributed by atoms with van der Waals surface area (Å²) in [4.78, 5) is 0. The van der Waals surface area contributed by atoms with Crippen molar-refractivity contribution in [3.8, 4) is 5.75 Å². The molecule has 1 unspecified atom stereocenters. The van der Waals surface area contributed by atoms with Gasteiger partial charge in [0, 0.05) is 5.56 Å². The molecule has 1 atom stereocenters. The maximum absolute atomic E-state index is 6.58. The third-order valence-corrected chi connectivity index (χ3v) is 3.36. The van der Waals surface area contributed by atoms with Crippen molar-refractivity contribution in [2.75, 3.05) is 6.61 Å². The Bertz CT molecular complexity index is 561. The van der Waals surface area contributed by atoms with E-state index < -0.39 is 5.54 Å². The zero-order valence-corrected chi connectivity index (χ0v) is 11.8. The number of rotatable bonds is 4. The van der Waals surface area contributed by atoms with Crippen LogP contribution in [0.2, 0.25) is 0 Å². The first-order valence-corrected chi connectivity index (χ1v) is 6.64. The maximum atomic E-state index is 6.58. The second kappa shape index (κ2) is 5.45. The van der Waals surface area contributed by atoms with Gasteiger partial charge in [0.05, 0.1) is 12.1 Å². The van der Waals surface area contributed by atoms with Crippen molar-refractivity contribution >= 4 is 0 Å². The summed E-state index contributed by atoms with van der Waals surface area (Å²) in [7, 11) is 0. The Morgan fingerprint density at radius 1 is 1.11 bits per heavy atom. The van der Waals surface area contributed by atoms with Gasteiger partial charge in [0.1, 0.15) is 5.75 Å². The van der Waals surface area contributed by atoms with Crippen LogP contribution >= 0.6 is 0 Å². The molecule has 0 aliphatic rings. The number of nitrogens with two attached hydrogens (primary N) is 1. The maximum Gasteiger partial charge on any atom is 0.124 e. The molecule has 0 aromatic heterocycles. The number of hydrogen-bond donors (Lipinski definition) is 1. The van der Waals surface area contributed by atoms with Crippen LogP contribution in [0.3, 0.4) is 0 Å². The van der Waals surface area contributed by atoms with E-state index in [1.807, 2.05) is 44.2 Å². The third-order valence-electron chi connectivity index (χ3n) is 3.36. The molecule has 0 saturated carbocycles. The predicted molar refractivity (Wildman–Crippen MR) is 79.4 cm³/mol. The highest BCUT2D eigenvalue weighted by atomic mass is 16.5. The molecule has 0 aliphatic carbocycles. The van der Waals surface area contributed by atoms with E-state index in [2.05, 4.69) is 25.1 Å². The van der Waals surface area contributed by atoms with Crippen LogP contribution in [0.5, 0.6) is 5.75 Å². The molecule has 2 aromatic carbocycles. The summed E-state index contributed by atoms with van der Waals surface area (Å²) < 4.78 is 5.70. The van der Waals surface area contributed by atoms with Gasteiger partial charge in [-0.1, -0.05) is 48.0 Å². The first kappa shape index (κ1) is 13.6. The summed E-state index contributed by atoms with van der Waals surface area (Å²) in [5, 5.41) is 0. The normalized spacial score (nSPS) is 13.9. The lowest BCUT2D eigenvalue weighted by atomic mass is 9.84. The van der Waals surface area contributed by atoms with Crippen LogP contribution in [0.15, 0.2) is 48.5 Å². The highest BCUT2D eigenvalue weighted by Crippen LogP contribution is 2.33. The van der Waals surface area contributed by atoms with Crippen LogP contribution in [0.1, 0.15) is 30.5 Å². The summed E-state index contributed by atoms with van der Waals surface area (Å²) in [6, 6.07) is 16.3. The van der Waals surface area contributed by atoms with Crippen LogP contribution in [0.4, 0.5) is 0 Å². The third kappa shape index (κ3) is 2.79. The smallest absolute Gasteiger partial charge is 0.124 e. The van der Waals surface area contributed by atoms with Gasteiger partial charge >= 0.3 is 0 Å². The Kier molecular flexibility index (Phi) is 3.91. The van der Waals surface area contributed by atoms with E-state index in [-0.39, 0.29) is 0 Å². The van der Waals surface area contributed by atoms with E-state index in [1.54, 1.807) is 0 Å². The number of ether oxygens (including phenoxy) is 1. The molecule has 100 valence electrons. The van der Waals surface area contributed by atoms with E-state index in [1.165, 1.54) is 5.56 Å². The summed E-state index contributed by atoms with van der Waals surface area (Å²) in [6.07, 6.45) is 0. The number of benzene rings is 2. The molecule has 0 bridgehead atoms. The van der Waals surface area contributed by atoms with Crippen molar-refractivity contribution in [2.45, 2.75) is 26.3 Å². The van der Waals surface area contributed by atoms with Crippen molar-refractivity contribution in [1.29, 1.82) is 0 Å². The van der Waals surface area contributed by atoms with Crippen molar-refractivity contribution in [1.82, 2.24) is 0 Å². The zero-order chi connectivity index (χ0) is 13.9. The van der Waals surface area contributed by atoms with Gasteiger partial charge in [-0.05, 0) is 32.4 Å². The molecule has 2 heteroatoms. The highest BCUT2D eigenvalue weighted by Gasteiger charge is 2.27. The number of hydrogen-bond acceptors (Lipinski definition) is 2. The minimum absolute atomic E-state index is 0.558. The SMILES string of the molecule is CCOc1ccccc1C(C)(N)c1cccc(C)c1. The van der Waals surface area contributed by atoms with Gasteiger partial charge in [-0.25, -0.2) is 0 Å². The molecular weight excluding hydrogens is 234 g/mol. The first-order chi connectivity index (χ1) is 9.05. The zero-order valence-electron chi connectivity index (χ0n) is 11.8. The Labute approximate surface area is 115 Å². The lowest BCUT2D eigenvalue weighted by Crippen LogP contribution is -2.34. The van der Waals surface area contributed by atoms with Crippen molar-refractivity contribution < 1.29 is 4.74 Å². The molecule has 19 heavy (non-hydrogen) atoms. The van der Waals surface area contributed by atoms with Crippen LogP contribution in [0, 0.1) is 6.92 Å².